The zero-order valence-electron chi connectivity index (χ0n) is 21.7. The van der Waals surface area contributed by atoms with Crippen molar-refractivity contribution in [3.63, 3.8) is 0 Å². The van der Waals surface area contributed by atoms with E-state index >= 15 is 0 Å². The Morgan fingerprint density at radius 1 is 1.21 bits per heavy atom. The molecule has 0 saturated carbocycles. The summed E-state index contributed by atoms with van der Waals surface area (Å²) in [6, 6.07) is 2.06. The van der Waals surface area contributed by atoms with Crippen LogP contribution in [0, 0.1) is 5.92 Å². The Kier molecular flexibility index (Phi) is 6.56. The molecule has 0 unspecified atom stereocenters. The van der Waals surface area contributed by atoms with Gasteiger partial charge in [0.15, 0.2) is 11.6 Å². The van der Waals surface area contributed by atoms with Crippen LogP contribution in [-0.4, -0.2) is 67.6 Å². The monoisotopic (exact) mass is 566 g/mol. The third-order valence-electron chi connectivity index (χ3n) is 7.11. The maximum Gasteiger partial charge on any atom is 0.451 e. The molecule has 0 amide bonds. The zero-order valence-corrected chi connectivity index (χ0v) is 22.6. The van der Waals surface area contributed by atoms with E-state index in [9.17, 15) is 18.3 Å². The van der Waals surface area contributed by atoms with Gasteiger partial charge in [-0.1, -0.05) is 6.92 Å². The van der Waals surface area contributed by atoms with E-state index in [1.165, 1.54) is 0 Å². The van der Waals surface area contributed by atoms with E-state index < -0.39 is 17.8 Å². The SMILES string of the molecule is CCc1cc2c(N3CCn4c(nnc4C(F)(F)F)C3)nc(C[C@@H]3C=C(OCCO)[C@@H]4OC(C)(C)O[C@@H]34)nc2s1. The van der Waals surface area contributed by atoms with Gasteiger partial charge in [0.05, 0.1) is 18.5 Å². The van der Waals surface area contributed by atoms with Crippen LogP contribution in [0.3, 0.4) is 0 Å². The molecule has 0 aromatic carbocycles. The van der Waals surface area contributed by atoms with Crippen molar-refractivity contribution in [3.8, 4) is 0 Å². The number of anilines is 1. The number of aliphatic hydroxyl groups is 1. The topological polar surface area (TPSA) is 108 Å². The van der Waals surface area contributed by atoms with Crippen LogP contribution >= 0.6 is 11.3 Å². The fraction of sp³-hybridized carbons (Fsp3) is 0.600. The summed E-state index contributed by atoms with van der Waals surface area (Å²) in [5.41, 5.74) is 0. The number of alkyl halides is 3. The van der Waals surface area contributed by atoms with Gasteiger partial charge in [-0.25, -0.2) is 9.97 Å². The van der Waals surface area contributed by atoms with Crippen LogP contribution in [0.5, 0.6) is 0 Å². The van der Waals surface area contributed by atoms with Crippen LogP contribution in [-0.2, 0) is 46.3 Å². The van der Waals surface area contributed by atoms with Crippen LogP contribution in [0.15, 0.2) is 17.9 Å². The highest BCUT2D eigenvalue weighted by Gasteiger charge is 2.51. The van der Waals surface area contributed by atoms with Crippen LogP contribution in [0.4, 0.5) is 19.0 Å². The van der Waals surface area contributed by atoms with E-state index in [1.54, 1.807) is 11.3 Å². The molecule has 3 aromatic rings. The number of hydrogen-bond donors (Lipinski definition) is 1. The Labute approximate surface area is 226 Å². The molecule has 0 radical (unpaired) electrons. The normalized spacial score (nSPS) is 24.2. The second kappa shape index (κ2) is 9.68. The molecule has 1 fully saturated rings. The lowest BCUT2D eigenvalue weighted by atomic mass is 10.0. The molecule has 3 atom stereocenters. The summed E-state index contributed by atoms with van der Waals surface area (Å²) in [4.78, 5) is 13.7. The van der Waals surface area contributed by atoms with E-state index in [0.717, 1.165) is 26.1 Å². The average Bonchev–Trinajstić information content (AvgIpc) is 3.63. The maximum atomic E-state index is 13.4. The van der Waals surface area contributed by atoms with Crippen molar-refractivity contribution in [2.24, 2.45) is 5.92 Å². The predicted molar refractivity (Wildman–Crippen MR) is 135 cm³/mol. The summed E-state index contributed by atoms with van der Waals surface area (Å²) < 4.78 is 59.3. The lowest BCUT2D eigenvalue weighted by Gasteiger charge is -2.29. The minimum Gasteiger partial charge on any atom is -0.493 e. The van der Waals surface area contributed by atoms with Crippen molar-refractivity contribution in [2.45, 2.75) is 70.9 Å². The molecule has 1 N–H and O–H groups in total. The summed E-state index contributed by atoms with van der Waals surface area (Å²) in [6.07, 6.45) is -1.98. The number of aryl methyl sites for hydroxylation is 1. The fourth-order valence-corrected chi connectivity index (χ4v) is 6.44. The van der Waals surface area contributed by atoms with E-state index in [2.05, 4.69) is 23.2 Å². The molecule has 10 nitrogen and oxygen atoms in total. The molecule has 0 spiro atoms. The molecule has 39 heavy (non-hydrogen) atoms. The van der Waals surface area contributed by atoms with Crippen molar-refractivity contribution in [2.75, 3.05) is 24.7 Å². The van der Waals surface area contributed by atoms with Gasteiger partial charge in [-0.05, 0) is 32.4 Å². The smallest absolute Gasteiger partial charge is 0.451 e. The molecule has 1 saturated heterocycles. The minimum atomic E-state index is -4.56. The van der Waals surface area contributed by atoms with Crippen LogP contribution in [0.2, 0.25) is 0 Å². The fourth-order valence-electron chi connectivity index (χ4n) is 5.46. The van der Waals surface area contributed by atoms with Gasteiger partial charge in [0, 0.05) is 30.3 Å². The molecule has 14 heteroatoms. The lowest BCUT2D eigenvalue weighted by Crippen LogP contribution is -2.36. The quantitative estimate of drug-likeness (QED) is 0.460. The summed E-state index contributed by atoms with van der Waals surface area (Å²) in [7, 11) is 0. The van der Waals surface area contributed by atoms with E-state index in [-0.39, 0.29) is 50.3 Å². The minimum absolute atomic E-state index is 0.101. The van der Waals surface area contributed by atoms with Gasteiger partial charge in [-0.15, -0.1) is 21.5 Å². The van der Waals surface area contributed by atoms with Gasteiger partial charge in [0.2, 0.25) is 5.82 Å². The maximum absolute atomic E-state index is 13.4. The second-order valence-electron chi connectivity index (χ2n) is 10.3. The van der Waals surface area contributed by atoms with Gasteiger partial charge in [0.25, 0.3) is 0 Å². The molecule has 0 bridgehead atoms. The highest BCUT2D eigenvalue weighted by atomic mass is 32.1. The number of hydrogen-bond acceptors (Lipinski definition) is 10. The van der Waals surface area contributed by atoms with Crippen molar-refractivity contribution >= 4 is 27.4 Å². The van der Waals surface area contributed by atoms with Gasteiger partial charge in [-0.3, -0.25) is 0 Å². The number of halogens is 3. The highest BCUT2D eigenvalue weighted by molar-refractivity contribution is 7.18. The van der Waals surface area contributed by atoms with Crippen molar-refractivity contribution in [1.82, 2.24) is 24.7 Å². The number of ether oxygens (including phenoxy) is 3. The van der Waals surface area contributed by atoms with Gasteiger partial charge in [0.1, 0.15) is 41.0 Å². The molecule has 2 aliphatic heterocycles. The van der Waals surface area contributed by atoms with Crippen LogP contribution in [0.25, 0.3) is 10.2 Å². The van der Waals surface area contributed by atoms with E-state index in [0.29, 0.717) is 30.4 Å². The average molecular weight is 567 g/mol. The molecule has 210 valence electrons. The Morgan fingerprint density at radius 2 is 2.03 bits per heavy atom. The first kappa shape index (κ1) is 26.4. The Morgan fingerprint density at radius 3 is 2.77 bits per heavy atom. The summed E-state index contributed by atoms with van der Waals surface area (Å²) in [5, 5.41) is 17.3. The number of rotatable bonds is 7. The summed E-state index contributed by atoms with van der Waals surface area (Å²) in [5.74, 6) is 0.270. The van der Waals surface area contributed by atoms with Gasteiger partial charge < -0.3 is 28.8 Å². The van der Waals surface area contributed by atoms with Gasteiger partial charge in [-0.2, -0.15) is 13.2 Å². The predicted octanol–water partition coefficient (Wildman–Crippen LogP) is 3.47. The molecular formula is C25H29F3N6O4S. The van der Waals surface area contributed by atoms with Crippen molar-refractivity contribution < 1.29 is 32.5 Å². The largest absolute Gasteiger partial charge is 0.493 e. The summed E-state index contributed by atoms with van der Waals surface area (Å²) >= 11 is 1.59. The molecule has 3 aromatic heterocycles. The van der Waals surface area contributed by atoms with Crippen LogP contribution < -0.4 is 4.90 Å². The van der Waals surface area contributed by atoms with Crippen LogP contribution in [0.1, 0.15) is 43.1 Å². The van der Waals surface area contributed by atoms with E-state index in [1.807, 2.05) is 24.8 Å². The van der Waals surface area contributed by atoms with Gasteiger partial charge >= 0.3 is 6.18 Å². The van der Waals surface area contributed by atoms with Crippen molar-refractivity contribution in [1.29, 1.82) is 0 Å². The lowest BCUT2D eigenvalue weighted by molar-refractivity contribution is -0.151. The number of aromatic nitrogens is 5. The molecule has 3 aliphatic rings. The van der Waals surface area contributed by atoms with Crippen molar-refractivity contribution in [3.05, 3.63) is 40.3 Å². The third-order valence-corrected chi connectivity index (χ3v) is 8.29. The zero-order chi connectivity index (χ0) is 27.5. The molecule has 5 heterocycles. The first-order chi connectivity index (χ1) is 18.6. The number of aliphatic hydroxyl groups excluding tert-OH is 1. The Balaban J connectivity index is 1.33. The standard InChI is InChI=1S/C25H29F3N6O4S/c1-4-14-11-15-21(33-5-6-34-18(12-33)31-32-23(34)25(26,27)28)29-17(30-22(15)39-14)10-13-9-16(36-8-7-35)20-19(13)37-24(2,3)38-20/h9,11,13,19-20,35H,4-8,10,12H2,1-3H3/t13-,19-,20-/m0/s1. The number of fused-ring (bicyclic) bond motifs is 3. The Bertz CT molecular complexity index is 1420. The molecule has 1 aliphatic carbocycles. The van der Waals surface area contributed by atoms with E-state index in [4.69, 9.17) is 24.2 Å². The molecular weight excluding hydrogens is 537 g/mol. The highest BCUT2D eigenvalue weighted by Crippen LogP contribution is 2.43. The Hall–Kier alpha value is -2.81. The number of thiophene rings is 1. The second-order valence-corrected chi connectivity index (χ2v) is 11.4. The summed E-state index contributed by atoms with van der Waals surface area (Å²) in [6.45, 7) is 6.40. The first-order valence-electron chi connectivity index (χ1n) is 12.9. The third kappa shape index (κ3) is 4.87. The number of nitrogens with zero attached hydrogens (tertiary/aromatic N) is 6. The molecule has 6 rings (SSSR count). The first-order valence-corrected chi connectivity index (χ1v) is 13.7.